The van der Waals surface area contributed by atoms with Crippen LogP contribution in [0.4, 0.5) is 0 Å². The molecule has 0 saturated carbocycles. The van der Waals surface area contributed by atoms with Crippen LogP contribution in [0.3, 0.4) is 0 Å². The van der Waals surface area contributed by atoms with Gasteiger partial charge in [0.15, 0.2) is 0 Å². The van der Waals surface area contributed by atoms with E-state index in [0.717, 1.165) is 36.2 Å². The van der Waals surface area contributed by atoms with Crippen molar-refractivity contribution < 1.29 is 4.79 Å². The van der Waals surface area contributed by atoms with Gasteiger partial charge in [-0.15, -0.1) is 0 Å². The number of amides is 1. The van der Waals surface area contributed by atoms with Gasteiger partial charge in [-0.05, 0) is 17.7 Å². The van der Waals surface area contributed by atoms with Crippen LogP contribution in [-0.2, 0) is 4.79 Å². The van der Waals surface area contributed by atoms with Crippen LogP contribution < -0.4 is 5.32 Å². The van der Waals surface area contributed by atoms with Crippen molar-refractivity contribution in [3.8, 4) is 0 Å². The SMILES string of the molecule is C=C(C(=O)N1CCNCC1)c1ccc(Br)cc1. The number of halogens is 1. The summed E-state index contributed by atoms with van der Waals surface area (Å²) in [5, 5.41) is 3.23. The fourth-order valence-electron chi connectivity index (χ4n) is 1.83. The van der Waals surface area contributed by atoms with Crippen LogP contribution in [0.1, 0.15) is 5.56 Å². The number of benzene rings is 1. The Kier molecular flexibility index (Phi) is 3.97. The Labute approximate surface area is 110 Å². The Bertz CT molecular complexity index is 422. The molecule has 1 aromatic rings. The van der Waals surface area contributed by atoms with Gasteiger partial charge >= 0.3 is 0 Å². The van der Waals surface area contributed by atoms with Crippen molar-refractivity contribution in [3.63, 3.8) is 0 Å². The van der Waals surface area contributed by atoms with Crippen LogP contribution in [0.25, 0.3) is 5.57 Å². The Balaban J connectivity index is 2.08. The van der Waals surface area contributed by atoms with Crippen molar-refractivity contribution in [3.05, 3.63) is 40.9 Å². The highest BCUT2D eigenvalue weighted by Crippen LogP contribution is 2.18. The van der Waals surface area contributed by atoms with Gasteiger partial charge in [-0.1, -0.05) is 34.6 Å². The molecule has 0 unspecified atom stereocenters. The number of carbonyl (C=O) groups excluding carboxylic acids is 1. The monoisotopic (exact) mass is 294 g/mol. The first-order valence-electron chi connectivity index (χ1n) is 5.63. The predicted octanol–water partition coefficient (Wildman–Crippen LogP) is 1.89. The minimum absolute atomic E-state index is 0.0359. The van der Waals surface area contributed by atoms with Crippen molar-refractivity contribution in [1.29, 1.82) is 0 Å². The van der Waals surface area contributed by atoms with Gasteiger partial charge in [0.1, 0.15) is 0 Å². The number of piperazine rings is 1. The quantitative estimate of drug-likeness (QED) is 0.845. The van der Waals surface area contributed by atoms with Crippen LogP contribution in [0, 0.1) is 0 Å². The molecule has 2 rings (SSSR count). The molecule has 1 saturated heterocycles. The lowest BCUT2D eigenvalue weighted by molar-refractivity contribution is -0.125. The number of hydrogen-bond donors (Lipinski definition) is 1. The van der Waals surface area contributed by atoms with E-state index >= 15 is 0 Å². The second-order valence-electron chi connectivity index (χ2n) is 4.03. The molecular weight excluding hydrogens is 280 g/mol. The Morgan fingerprint density at radius 3 is 2.41 bits per heavy atom. The van der Waals surface area contributed by atoms with Crippen LogP contribution in [0.5, 0.6) is 0 Å². The zero-order valence-corrected chi connectivity index (χ0v) is 11.2. The summed E-state index contributed by atoms with van der Waals surface area (Å²) in [7, 11) is 0. The van der Waals surface area contributed by atoms with Gasteiger partial charge < -0.3 is 10.2 Å². The predicted molar refractivity (Wildman–Crippen MR) is 72.6 cm³/mol. The van der Waals surface area contributed by atoms with Crippen LogP contribution >= 0.6 is 15.9 Å². The molecule has 0 aromatic heterocycles. The fraction of sp³-hybridized carbons (Fsp3) is 0.308. The molecule has 1 N–H and O–H groups in total. The molecule has 0 radical (unpaired) electrons. The molecule has 1 aliphatic heterocycles. The summed E-state index contributed by atoms with van der Waals surface area (Å²) in [6, 6.07) is 7.66. The Morgan fingerprint density at radius 2 is 1.82 bits per heavy atom. The topological polar surface area (TPSA) is 32.3 Å². The highest BCUT2D eigenvalue weighted by Gasteiger charge is 2.19. The van der Waals surface area contributed by atoms with Crippen molar-refractivity contribution in [1.82, 2.24) is 10.2 Å². The number of carbonyl (C=O) groups is 1. The van der Waals surface area contributed by atoms with Crippen LogP contribution in [-0.4, -0.2) is 37.0 Å². The first-order chi connectivity index (χ1) is 8.18. The molecule has 1 amide bonds. The van der Waals surface area contributed by atoms with E-state index < -0.39 is 0 Å². The van der Waals surface area contributed by atoms with Gasteiger partial charge in [-0.2, -0.15) is 0 Å². The maximum Gasteiger partial charge on any atom is 0.253 e. The molecule has 17 heavy (non-hydrogen) atoms. The van der Waals surface area contributed by atoms with Gasteiger partial charge in [0.2, 0.25) is 0 Å². The third kappa shape index (κ3) is 2.96. The number of hydrogen-bond acceptors (Lipinski definition) is 2. The number of nitrogens with one attached hydrogen (secondary N) is 1. The minimum Gasteiger partial charge on any atom is -0.336 e. The third-order valence-corrected chi connectivity index (χ3v) is 3.38. The van der Waals surface area contributed by atoms with E-state index in [0.29, 0.717) is 5.57 Å². The van der Waals surface area contributed by atoms with E-state index in [2.05, 4.69) is 27.8 Å². The molecule has 1 heterocycles. The lowest BCUT2D eigenvalue weighted by atomic mass is 10.1. The Hall–Kier alpha value is -1.13. The van der Waals surface area contributed by atoms with Crippen molar-refractivity contribution in [2.45, 2.75) is 0 Å². The largest absolute Gasteiger partial charge is 0.336 e. The smallest absolute Gasteiger partial charge is 0.253 e. The van der Waals surface area contributed by atoms with Gasteiger partial charge in [-0.25, -0.2) is 0 Å². The summed E-state index contributed by atoms with van der Waals surface area (Å²) in [6.07, 6.45) is 0. The molecular formula is C13H15BrN2O. The maximum absolute atomic E-state index is 12.2. The molecule has 0 atom stereocenters. The van der Waals surface area contributed by atoms with E-state index in [4.69, 9.17) is 0 Å². The normalized spacial score (nSPS) is 15.7. The second kappa shape index (κ2) is 5.47. The summed E-state index contributed by atoms with van der Waals surface area (Å²) in [5.41, 5.74) is 1.45. The summed E-state index contributed by atoms with van der Waals surface area (Å²) >= 11 is 3.37. The molecule has 0 bridgehead atoms. The first-order valence-corrected chi connectivity index (χ1v) is 6.42. The van der Waals surface area contributed by atoms with Crippen molar-refractivity contribution >= 4 is 27.4 Å². The molecule has 0 spiro atoms. The molecule has 1 fully saturated rings. The zero-order valence-electron chi connectivity index (χ0n) is 9.58. The average Bonchev–Trinajstić information content (AvgIpc) is 2.39. The summed E-state index contributed by atoms with van der Waals surface area (Å²) in [4.78, 5) is 14.0. The maximum atomic E-state index is 12.2. The molecule has 90 valence electrons. The van der Waals surface area contributed by atoms with E-state index in [1.807, 2.05) is 29.2 Å². The number of nitrogens with zero attached hydrogens (tertiary/aromatic N) is 1. The highest BCUT2D eigenvalue weighted by molar-refractivity contribution is 9.10. The van der Waals surface area contributed by atoms with Crippen LogP contribution in [0.15, 0.2) is 35.3 Å². The standard InChI is InChI=1S/C13H15BrN2O/c1-10(11-2-4-12(14)5-3-11)13(17)16-8-6-15-7-9-16/h2-5,15H,1,6-9H2. The van der Waals surface area contributed by atoms with Crippen LogP contribution in [0.2, 0.25) is 0 Å². The lowest BCUT2D eigenvalue weighted by Crippen LogP contribution is -2.46. The van der Waals surface area contributed by atoms with E-state index in [9.17, 15) is 4.79 Å². The van der Waals surface area contributed by atoms with Crippen molar-refractivity contribution in [2.75, 3.05) is 26.2 Å². The molecule has 1 aliphatic rings. The molecule has 4 heteroatoms. The van der Waals surface area contributed by atoms with E-state index in [1.54, 1.807) is 0 Å². The average molecular weight is 295 g/mol. The minimum atomic E-state index is 0.0359. The molecule has 1 aromatic carbocycles. The van der Waals surface area contributed by atoms with Gasteiger partial charge in [0.25, 0.3) is 5.91 Å². The van der Waals surface area contributed by atoms with Gasteiger partial charge in [0.05, 0.1) is 0 Å². The fourth-order valence-corrected chi connectivity index (χ4v) is 2.10. The Morgan fingerprint density at radius 1 is 1.24 bits per heavy atom. The van der Waals surface area contributed by atoms with E-state index in [1.165, 1.54) is 0 Å². The highest BCUT2D eigenvalue weighted by atomic mass is 79.9. The second-order valence-corrected chi connectivity index (χ2v) is 4.94. The summed E-state index contributed by atoms with van der Waals surface area (Å²) < 4.78 is 1.00. The summed E-state index contributed by atoms with van der Waals surface area (Å²) in [5.74, 6) is 0.0359. The number of rotatable bonds is 2. The lowest BCUT2D eigenvalue weighted by Gasteiger charge is -2.28. The third-order valence-electron chi connectivity index (χ3n) is 2.86. The first kappa shape index (κ1) is 12.3. The van der Waals surface area contributed by atoms with Gasteiger partial charge in [-0.3, -0.25) is 4.79 Å². The zero-order chi connectivity index (χ0) is 12.3. The van der Waals surface area contributed by atoms with Crippen molar-refractivity contribution in [2.24, 2.45) is 0 Å². The molecule has 3 nitrogen and oxygen atoms in total. The summed E-state index contributed by atoms with van der Waals surface area (Å²) in [6.45, 7) is 7.14. The van der Waals surface area contributed by atoms with Gasteiger partial charge in [0, 0.05) is 36.2 Å². The van der Waals surface area contributed by atoms with E-state index in [-0.39, 0.29) is 5.91 Å². The molecule has 0 aliphatic carbocycles.